The van der Waals surface area contributed by atoms with Gasteiger partial charge in [0, 0.05) is 6.42 Å². The largest absolute Gasteiger partial charge is 0.394 e. The first kappa shape index (κ1) is 15.2. The standard InChI is InChI=1S/C15H28O4/c1-5-6-8-14-9-7-10-15(19-14,17-12(14)11-16)18-13(2,3)4/h12,16H,5-11H2,1-4H3/t12-,14?,15?/m0/s1. The van der Waals surface area contributed by atoms with Gasteiger partial charge >= 0.3 is 0 Å². The van der Waals surface area contributed by atoms with Crippen LogP contribution < -0.4 is 0 Å². The predicted molar refractivity (Wildman–Crippen MR) is 72.7 cm³/mol. The summed E-state index contributed by atoms with van der Waals surface area (Å²) in [4.78, 5) is 0. The first-order valence-corrected chi connectivity index (χ1v) is 7.54. The summed E-state index contributed by atoms with van der Waals surface area (Å²) in [5, 5.41) is 9.63. The summed E-state index contributed by atoms with van der Waals surface area (Å²) < 4.78 is 18.3. The van der Waals surface area contributed by atoms with Gasteiger partial charge in [-0.15, -0.1) is 0 Å². The molecular weight excluding hydrogens is 244 g/mol. The van der Waals surface area contributed by atoms with Crippen molar-refractivity contribution in [1.82, 2.24) is 0 Å². The van der Waals surface area contributed by atoms with Gasteiger partial charge in [0.1, 0.15) is 11.7 Å². The van der Waals surface area contributed by atoms with E-state index in [1.54, 1.807) is 0 Å². The van der Waals surface area contributed by atoms with Gasteiger partial charge in [-0.2, -0.15) is 0 Å². The fraction of sp³-hybridized carbons (Fsp3) is 1.00. The van der Waals surface area contributed by atoms with E-state index in [0.717, 1.165) is 38.5 Å². The van der Waals surface area contributed by atoms with Crippen LogP contribution in [0, 0.1) is 0 Å². The summed E-state index contributed by atoms with van der Waals surface area (Å²) in [6.45, 7) is 8.18. The molecule has 0 spiro atoms. The highest BCUT2D eigenvalue weighted by Gasteiger charge is 2.60. The van der Waals surface area contributed by atoms with Crippen molar-refractivity contribution in [2.45, 2.75) is 89.5 Å². The Morgan fingerprint density at radius 1 is 1.32 bits per heavy atom. The molecule has 2 heterocycles. The second-order valence-electron chi connectivity index (χ2n) is 6.81. The molecule has 2 fully saturated rings. The first-order chi connectivity index (χ1) is 8.85. The van der Waals surface area contributed by atoms with E-state index in [-0.39, 0.29) is 23.9 Å². The number of aliphatic hydroxyl groups is 1. The lowest BCUT2D eigenvalue weighted by Crippen LogP contribution is -2.47. The van der Waals surface area contributed by atoms with Gasteiger partial charge in [0.2, 0.25) is 0 Å². The van der Waals surface area contributed by atoms with Gasteiger partial charge in [-0.05, 0) is 40.0 Å². The van der Waals surface area contributed by atoms with Gasteiger partial charge in [0.15, 0.2) is 0 Å². The molecule has 0 aromatic heterocycles. The molecule has 0 aromatic carbocycles. The second kappa shape index (κ2) is 5.32. The minimum absolute atomic E-state index is 0.00102. The third kappa shape index (κ3) is 3.13. The van der Waals surface area contributed by atoms with Crippen molar-refractivity contribution < 1.29 is 19.3 Å². The van der Waals surface area contributed by atoms with Gasteiger partial charge in [0.25, 0.3) is 5.97 Å². The summed E-state index contributed by atoms with van der Waals surface area (Å²) in [5.74, 6) is -0.947. The van der Waals surface area contributed by atoms with Gasteiger partial charge < -0.3 is 19.3 Å². The summed E-state index contributed by atoms with van der Waals surface area (Å²) in [6, 6.07) is 0. The van der Waals surface area contributed by atoms with Crippen LogP contribution in [0.1, 0.15) is 66.2 Å². The maximum absolute atomic E-state index is 9.63. The minimum atomic E-state index is -0.947. The van der Waals surface area contributed by atoms with E-state index >= 15 is 0 Å². The zero-order chi connectivity index (χ0) is 14.1. The second-order valence-corrected chi connectivity index (χ2v) is 6.81. The molecule has 2 rings (SSSR count). The third-order valence-corrected chi connectivity index (χ3v) is 3.93. The lowest BCUT2D eigenvalue weighted by Gasteiger charge is -2.40. The molecule has 0 aromatic rings. The molecule has 3 atom stereocenters. The van der Waals surface area contributed by atoms with Crippen LogP contribution in [0.3, 0.4) is 0 Å². The van der Waals surface area contributed by atoms with Crippen molar-refractivity contribution in [3.05, 3.63) is 0 Å². The predicted octanol–water partition coefficient (Wildman–Crippen LogP) is 2.98. The van der Waals surface area contributed by atoms with Crippen LogP contribution in [-0.2, 0) is 14.2 Å². The van der Waals surface area contributed by atoms with E-state index in [0.29, 0.717) is 0 Å². The molecule has 4 nitrogen and oxygen atoms in total. The molecule has 19 heavy (non-hydrogen) atoms. The summed E-state index contributed by atoms with van der Waals surface area (Å²) in [7, 11) is 0. The minimum Gasteiger partial charge on any atom is -0.394 e. The van der Waals surface area contributed by atoms with Crippen molar-refractivity contribution in [2.75, 3.05) is 6.61 Å². The van der Waals surface area contributed by atoms with Crippen molar-refractivity contribution >= 4 is 0 Å². The zero-order valence-electron chi connectivity index (χ0n) is 12.7. The maximum atomic E-state index is 9.63. The van der Waals surface area contributed by atoms with Crippen LogP contribution in [0.15, 0.2) is 0 Å². The molecule has 2 unspecified atom stereocenters. The summed E-state index contributed by atoms with van der Waals surface area (Å²) in [6.07, 6.45) is 5.61. The Kier molecular flexibility index (Phi) is 4.26. The number of hydrogen-bond acceptors (Lipinski definition) is 4. The Morgan fingerprint density at radius 3 is 2.63 bits per heavy atom. The van der Waals surface area contributed by atoms with Gasteiger partial charge in [-0.1, -0.05) is 19.8 Å². The molecule has 1 N–H and O–H groups in total. The average Bonchev–Trinajstić information content (AvgIpc) is 2.52. The van der Waals surface area contributed by atoms with Crippen LogP contribution in [0.5, 0.6) is 0 Å². The quantitative estimate of drug-likeness (QED) is 0.836. The van der Waals surface area contributed by atoms with Crippen LogP contribution in [0.25, 0.3) is 0 Å². The topological polar surface area (TPSA) is 47.9 Å². The van der Waals surface area contributed by atoms with Crippen LogP contribution in [0.4, 0.5) is 0 Å². The fourth-order valence-electron chi connectivity index (χ4n) is 3.23. The number of fused-ring (bicyclic) bond motifs is 2. The van der Waals surface area contributed by atoms with Crippen LogP contribution in [0.2, 0.25) is 0 Å². The van der Waals surface area contributed by atoms with Crippen LogP contribution in [-0.4, -0.2) is 35.0 Å². The molecule has 4 heteroatoms. The zero-order valence-corrected chi connectivity index (χ0v) is 12.7. The Balaban J connectivity index is 2.17. The van der Waals surface area contributed by atoms with Crippen molar-refractivity contribution in [3.8, 4) is 0 Å². The Bertz CT molecular complexity index is 312. The van der Waals surface area contributed by atoms with E-state index in [1.807, 2.05) is 20.8 Å². The fourth-order valence-corrected chi connectivity index (χ4v) is 3.23. The molecule has 0 aliphatic carbocycles. The Labute approximate surface area is 116 Å². The van der Waals surface area contributed by atoms with E-state index < -0.39 is 5.97 Å². The van der Waals surface area contributed by atoms with E-state index in [1.165, 1.54) is 0 Å². The highest BCUT2D eigenvalue weighted by molar-refractivity contribution is 4.99. The number of unbranched alkanes of at least 4 members (excludes halogenated alkanes) is 1. The van der Waals surface area contributed by atoms with Crippen molar-refractivity contribution in [3.63, 3.8) is 0 Å². The van der Waals surface area contributed by atoms with E-state index in [4.69, 9.17) is 14.2 Å². The van der Waals surface area contributed by atoms with E-state index in [2.05, 4.69) is 6.92 Å². The Morgan fingerprint density at radius 2 is 2.05 bits per heavy atom. The van der Waals surface area contributed by atoms with Gasteiger partial charge in [-0.25, -0.2) is 0 Å². The molecule has 0 saturated carbocycles. The van der Waals surface area contributed by atoms with Gasteiger partial charge in [-0.3, -0.25) is 0 Å². The van der Waals surface area contributed by atoms with Crippen molar-refractivity contribution in [1.29, 1.82) is 0 Å². The maximum Gasteiger partial charge on any atom is 0.284 e. The molecular formula is C15H28O4. The number of aliphatic hydroxyl groups excluding tert-OH is 1. The molecule has 0 radical (unpaired) electrons. The molecule has 0 amide bonds. The Hall–Kier alpha value is -0.160. The van der Waals surface area contributed by atoms with E-state index in [9.17, 15) is 5.11 Å². The lowest BCUT2D eigenvalue weighted by atomic mass is 9.85. The molecule has 2 bridgehead atoms. The highest BCUT2D eigenvalue weighted by Crippen LogP contribution is 2.51. The molecule has 2 aliphatic heterocycles. The highest BCUT2D eigenvalue weighted by atomic mass is 16.9. The van der Waals surface area contributed by atoms with Crippen LogP contribution >= 0.6 is 0 Å². The number of hydrogen-bond donors (Lipinski definition) is 1. The normalized spacial score (nSPS) is 38.7. The molecule has 2 saturated heterocycles. The molecule has 112 valence electrons. The molecule has 2 aliphatic rings. The first-order valence-electron chi connectivity index (χ1n) is 7.54. The number of rotatable bonds is 5. The monoisotopic (exact) mass is 272 g/mol. The lowest BCUT2D eigenvalue weighted by molar-refractivity contribution is -0.389. The van der Waals surface area contributed by atoms with Crippen molar-refractivity contribution in [2.24, 2.45) is 0 Å². The third-order valence-electron chi connectivity index (χ3n) is 3.93. The van der Waals surface area contributed by atoms with Gasteiger partial charge in [0.05, 0.1) is 12.2 Å². The summed E-state index contributed by atoms with van der Waals surface area (Å²) >= 11 is 0. The number of ether oxygens (including phenoxy) is 3. The average molecular weight is 272 g/mol. The SMILES string of the molecule is CCCCC12CCCC(OC(C)(C)C)(O[C@H]1CO)O2. The summed E-state index contributed by atoms with van der Waals surface area (Å²) in [5.41, 5.74) is -0.674. The smallest absolute Gasteiger partial charge is 0.284 e.